The second kappa shape index (κ2) is 13.8. The quantitative estimate of drug-likeness (QED) is 0.260. The fourth-order valence-electron chi connectivity index (χ4n) is 4.31. The molecule has 1 aromatic heterocycles. The van der Waals surface area contributed by atoms with Crippen molar-refractivity contribution in [3.63, 3.8) is 0 Å². The lowest BCUT2D eigenvalue weighted by Crippen LogP contribution is -2.42. The zero-order chi connectivity index (χ0) is 22.9. The molecule has 8 nitrogen and oxygen atoms in total. The molecule has 1 unspecified atom stereocenters. The van der Waals surface area contributed by atoms with Crippen LogP contribution in [0.3, 0.4) is 0 Å². The van der Waals surface area contributed by atoms with Gasteiger partial charge in [0.1, 0.15) is 5.75 Å². The summed E-state index contributed by atoms with van der Waals surface area (Å²) in [4.78, 5) is 7.00. The third-order valence-electron chi connectivity index (χ3n) is 6.24. The number of hydrogen-bond donors (Lipinski definition) is 2. The van der Waals surface area contributed by atoms with Crippen LogP contribution >= 0.6 is 24.0 Å². The summed E-state index contributed by atoms with van der Waals surface area (Å²) in [5.41, 5.74) is 4.70. The molecule has 1 atom stereocenters. The minimum absolute atomic E-state index is 0. The van der Waals surface area contributed by atoms with E-state index in [-0.39, 0.29) is 24.0 Å². The molecule has 33 heavy (non-hydrogen) atoms. The Balaban J connectivity index is 0.00000385. The van der Waals surface area contributed by atoms with Crippen LogP contribution in [0.5, 0.6) is 5.75 Å². The number of methoxy groups -OCH3 is 2. The average Bonchev–Trinajstić information content (AvgIpc) is 3.43. The van der Waals surface area contributed by atoms with Crippen molar-refractivity contribution in [2.24, 2.45) is 4.99 Å². The van der Waals surface area contributed by atoms with E-state index in [4.69, 9.17) is 9.47 Å². The molecule has 0 bridgehead atoms. The Labute approximate surface area is 215 Å². The predicted molar refractivity (Wildman–Crippen MR) is 144 cm³/mol. The number of hydrogen-bond acceptors (Lipinski definition) is 5. The van der Waals surface area contributed by atoms with Crippen molar-refractivity contribution in [1.82, 2.24) is 25.3 Å². The number of ether oxygens (including phenoxy) is 2. The zero-order valence-electron chi connectivity index (χ0n) is 20.6. The van der Waals surface area contributed by atoms with Gasteiger partial charge in [-0.2, -0.15) is 5.10 Å². The Kier molecular flexibility index (Phi) is 11.4. The second-order valence-corrected chi connectivity index (χ2v) is 8.20. The van der Waals surface area contributed by atoms with Crippen molar-refractivity contribution in [3.05, 3.63) is 46.8 Å². The van der Waals surface area contributed by atoms with Gasteiger partial charge in [-0.15, -0.1) is 24.0 Å². The first-order chi connectivity index (χ1) is 15.6. The van der Waals surface area contributed by atoms with E-state index in [1.165, 1.54) is 24.0 Å². The van der Waals surface area contributed by atoms with E-state index < -0.39 is 0 Å². The lowest BCUT2D eigenvalue weighted by Gasteiger charge is -2.29. The highest BCUT2D eigenvalue weighted by atomic mass is 127. The molecule has 3 rings (SSSR count). The third-order valence-corrected chi connectivity index (χ3v) is 6.24. The van der Waals surface area contributed by atoms with Gasteiger partial charge in [-0.25, -0.2) is 0 Å². The number of halogens is 1. The molecule has 1 fully saturated rings. The largest absolute Gasteiger partial charge is 0.497 e. The number of benzene rings is 1. The maximum atomic E-state index is 5.33. The fourth-order valence-corrected chi connectivity index (χ4v) is 4.31. The molecule has 1 aliphatic heterocycles. The minimum atomic E-state index is 0. The standard InChI is InChI=1S/C24H38N6O2.HI/c1-18-22(19(2)30(28-18)14-15-31-4)16-26-24(25-3)27-17-23(29-12-6-7-13-29)20-8-10-21(32-5)11-9-20;/h8-11,23H,6-7,12-17H2,1-5H3,(H2,25,26,27);1H. The van der Waals surface area contributed by atoms with Crippen LogP contribution in [-0.2, 0) is 17.8 Å². The normalized spacial score (nSPS) is 15.2. The highest BCUT2D eigenvalue weighted by Crippen LogP contribution is 2.26. The molecule has 0 radical (unpaired) electrons. The molecule has 2 N–H and O–H groups in total. The van der Waals surface area contributed by atoms with Crippen LogP contribution in [0.4, 0.5) is 0 Å². The molecule has 1 saturated heterocycles. The molecule has 1 aliphatic rings. The first kappa shape index (κ1) is 27.4. The van der Waals surface area contributed by atoms with Crippen LogP contribution in [0, 0.1) is 13.8 Å². The maximum absolute atomic E-state index is 5.33. The summed E-state index contributed by atoms with van der Waals surface area (Å²) in [6.07, 6.45) is 2.51. The summed E-state index contributed by atoms with van der Waals surface area (Å²) in [6, 6.07) is 8.71. The molecule has 0 spiro atoms. The number of aromatic nitrogens is 2. The number of nitrogens with zero attached hydrogens (tertiary/aromatic N) is 4. The topological polar surface area (TPSA) is 75.9 Å². The molecule has 0 saturated carbocycles. The number of nitrogens with one attached hydrogen (secondary N) is 2. The van der Waals surface area contributed by atoms with Crippen LogP contribution in [0.15, 0.2) is 29.3 Å². The lowest BCUT2D eigenvalue weighted by atomic mass is 10.1. The fraction of sp³-hybridized carbons (Fsp3) is 0.583. The predicted octanol–water partition coefficient (Wildman–Crippen LogP) is 3.28. The molecular weight excluding hydrogens is 531 g/mol. The van der Waals surface area contributed by atoms with Gasteiger partial charge in [-0.3, -0.25) is 14.6 Å². The Morgan fingerprint density at radius 1 is 1.12 bits per heavy atom. The Morgan fingerprint density at radius 3 is 2.42 bits per heavy atom. The van der Waals surface area contributed by atoms with Crippen molar-refractivity contribution in [1.29, 1.82) is 0 Å². The van der Waals surface area contributed by atoms with E-state index in [2.05, 4.69) is 51.6 Å². The van der Waals surface area contributed by atoms with Crippen LogP contribution in [0.25, 0.3) is 0 Å². The summed E-state index contributed by atoms with van der Waals surface area (Å²) >= 11 is 0. The van der Waals surface area contributed by atoms with Crippen molar-refractivity contribution in [2.75, 3.05) is 47.5 Å². The van der Waals surface area contributed by atoms with Crippen molar-refractivity contribution in [3.8, 4) is 5.75 Å². The molecule has 1 aromatic carbocycles. The molecule has 0 aliphatic carbocycles. The molecule has 184 valence electrons. The van der Waals surface area contributed by atoms with Gasteiger partial charge < -0.3 is 20.1 Å². The molecule has 9 heteroatoms. The average molecular weight is 571 g/mol. The SMILES string of the molecule is CN=C(NCc1c(C)nn(CCOC)c1C)NCC(c1ccc(OC)cc1)N1CCCC1.I. The number of likely N-dealkylation sites (tertiary alicyclic amines) is 1. The van der Waals surface area contributed by atoms with E-state index in [1.807, 2.05) is 23.9 Å². The molecule has 2 heterocycles. The van der Waals surface area contributed by atoms with E-state index in [0.29, 0.717) is 19.2 Å². The van der Waals surface area contributed by atoms with Crippen molar-refractivity contribution in [2.45, 2.75) is 45.8 Å². The molecule has 0 amide bonds. The maximum Gasteiger partial charge on any atom is 0.191 e. The highest BCUT2D eigenvalue weighted by Gasteiger charge is 2.24. The first-order valence-electron chi connectivity index (χ1n) is 11.4. The van der Waals surface area contributed by atoms with Crippen LogP contribution in [-0.4, -0.2) is 68.1 Å². The number of rotatable bonds is 10. The van der Waals surface area contributed by atoms with E-state index in [1.54, 1.807) is 14.2 Å². The van der Waals surface area contributed by atoms with E-state index >= 15 is 0 Å². The Morgan fingerprint density at radius 2 is 1.82 bits per heavy atom. The van der Waals surface area contributed by atoms with Gasteiger partial charge in [0.05, 0.1) is 32.0 Å². The number of guanidine groups is 1. The molecular formula is C24H39IN6O2. The van der Waals surface area contributed by atoms with Gasteiger partial charge in [0.2, 0.25) is 0 Å². The van der Waals surface area contributed by atoms with Crippen molar-refractivity contribution < 1.29 is 9.47 Å². The lowest BCUT2D eigenvalue weighted by molar-refractivity contribution is 0.182. The summed E-state index contributed by atoms with van der Waals surface area (Å²) in [5, 5.41) is 11.7. The minimum Gasteiger partial charge on any atom is -0.497 e. The van der Waals surface area contributed by atoms with Crippen molar-refractivity contribution >= 4 is 29.9 Å². The summed E-state index contributed by atoms with van der Waals surface area (Å²) < 4.78 is 12.5. The van der Waals surface area contributed by atoms with Gasteiger partial charge in [0, 0.05) is 38.5 Å². The summed E-state index contributed by atoms with van der Waals surface area (Å²) in [7, 11) is 5.23. The van der Waals surface area contributed by atoms with Gasteiger partial charge in [0.25, 0.3) is 0 Å². The monoisotopic (exact) mass is 570 g/mol. The van der Waals surface area contributed by atoms with Gasteiger partial charge >= 0.3 is 0 Å². The third kappa shape index (κ3) is 7.31. The van der Waals surface area contributed by atoms with Gasteiger partial charge in [-0.05, 0) is 57.5 Å². The summed E-state index contributed by atoms with van der Waals surface area (Å²) in [6.45, 7) is 9.30. The van der Waals surface area contributed by atoms with Gasteiger partial charge in [0.15, 0.2) is 5.96 Å². The smallest absolute Gasteiger partial charge is 0.191 e. The highest BCUT2D eigenvalue weighted by molar-refractivity contribution is 14.0. The van der Waals surface area contributed by atoms with E-state index in [9.17, 15) is 0 Å². The molecule has 2 aromatic rings. The summed E-state index contributed by atoms with van der Waals surface area (Å²) in [5.74, 6) is 1.68. The van der Waals surface area contributed by atoms with Crippen LogP contribution < -0.4 is 15.4 Å². The number of aryl methyl sites for hydroxylation is 1. The number of aliphatic imine (C=N–C) groups is 1. The zero-order valence-corrected chi connectivity index (χ0v) is 22.9. The second-order valence-electron chi connectivity index (χ2n) is 8.20. The Hall–Kier alpha value is -1.85. The van der Waals surface area contributed by atoms with Crippen LogP contribution in [0.2, 0.25) is 0 Å². The van der Waals surface area contributed by atoms with E-state index in [0.717, 1.165) is 49.3 Å². The Bertz CT molecular complexity index is 878. The van der Waals surface area contributed by atoms with Gasteiger partial charge in [-0.1, -0.05) is 12.1 Å². The first-order valence-corrected chi connectivity index (χ1v) is 11.4. The van der Waals surface area contributed by atoms with Crippen LogP contribution in [0.1, 0.15) is 41.4 Å².